The Bertz CT molecular complexity index is 1100. The van der Waals surface area contributed by atoms with Crippen molar-refractivity contribution in [3.05, 3.63) is 45.6 Å². The highest BCUT2D eigenvalue weighted by Gasteiger charge is 2.20. The second-order valence-corrected chi connectivity index (χ2v) is 5.88. The zero-order chi connectivity index (χ0) is 15.4. The molecule has 106 valence electrons. The van der Waals surface area contributed by atoms with Gasteiger partial charge in [-0.1, -0.05) is 23.1 Å². The Morgan fingerprint density at radius 1 is 1.36 bits per heavy atom. The van der Waals surface area contributed by atoms with Gasteiger partial charge in [0.15, 0.2) is 5.82 Å². The van der Waals surface area contributed by atoms with Crippen LogP contribution in [0.15, 0.2) is 29.1 Å². The number of aromatic nitrogens is 4. The Labute approximate surface area is 132 Å². The van der Waals surface area contributed by atoms with Gasteiger partial charge in [-0.15, -0.1) is 0 Å². The van der Waals surface area contributed by atoms with E-state index < -0.39 is 11.5 Å². The number of halogens is 2. The minimum absolute atomic E-state index is 0.0449. The van der Waals surface area contributed by atoms with Gasteiger partial charge in [0.1, 0.15) is 18.9 Å². The molecule has 0 unspecified atom stereocenters. The van der Waals surface area contributed by atoms with Gasteiger partial charge >= 0.3 is 5.69 Å². The highest BCUT2D eigenvalue weighted by atomic mass is 35.5. The lowest BCUT2D eigenvalue weighted by Gasteiger charge is -2.07. The van der Waals surface area contributed by atoms with Crippen LogP contribution in [0.4, 0.5) is 4.39 Å². The molecule has 0 atom stereocenters. The average Bonchev–Trinajstić information content (AvgIpc) is 3.04. The van der Waals surface area contributed by atoms with Crippen LogP contribution < -0.4 is 11.2 Å². The van der Waals surface area contributed by atoms with E-state index in [1.807, 2.05) is 0 Å². The molecule has 5 nitrogen and oxygen atoms in total. The number of benzene rings is 2. The van der Waals surface area contributed by atoms with E-state index in [0.29, 0.717) is 15.9 Å². The molecule has 2 aromatic heterocycles. The van der Waals surface area contributed by atoms with Crippen LogP contribution in [0.2, 0.25) is 5.02 Å². The second-order valence-electron chi connectivity index (χ2n) is 4.65. The summed E-state index contributed by atoms with van der Waals surface area (Å²) >= 11 is 7.30. The number of nitrogens with zero attached hydrogens (tertiary/aromatic N) is 3. The number of imidazole rings is 1. The van der Waals surface area contributed by atoms with Gasteiger partial charge < -0.3 is 0 Å². The van der Waals surface area contributed by atoms with Gasteiger partial charge in [-0.05, 0) is 29.7 Å². The van der Waals surface area contributed by atoms with E-state index in [-0.39, 0.29) is 21.6 Å². The van der Waals surface area contributed by atoms with Crippen molar-refractivity contribution in [2.45, 2.75) is 0 Å². The molecule has 0 aliphatic carbocycles. The largest absolute Gasteiger partial charge is 0.353 e. The van der Waals surface area contributed by atoms with Gasteiger partial charge in [-0.2, -0.15) is 10.1 Å². The van der Waals surface area contributed by atoms with Crippen LogP contribution in [-0.4, -0.2) is 27.0 Å². The lowest BCUT2D eigenvalue weighted by atomic mass is 9.96. The second kappa shape index (κ2) is 4.66. The molecule has 0 aliphatic heterocycles. The van der Waals surface area contributed by atoms with E-state index in [1.54, 1.807) is 18.2 Å². The third kappa shape index (κ3) is 1.81. The summed E-state index contributed by atoms with van der Waals surface area (Å²) in [6, 6.07) is 6.25. The molecule has 0 spiro atoms. The summed E-state index contributed by atoms with van der Waals surface area (Å²) in [5.74, 6) is -0.618. The van der Waals surface area contributed by atoms with Crippen molar-refractivity contribution in [3.63, 3.8) is 0 Å². The molecule has 0 bridgehead atoms. The molecule has 0 fully saturated rings. The smallest absolute Gasteiger partial charge is 0.254 e. The molecule has 4 rings (SSSR count). The van der Waals surface area contributed by atoms with Gasteiger partial charge in [0.25, 0.3) is 0 Å². The number of hydrogen-bond acceptors (Lipinski definition) is 4. The molecular formula is C13H5BClFN4OS. The Balaban J connectivity index is 2.17. The fourth-order valence-electron chi connectivity index (χ4n) is 2.37. The van der Waals surface area contributed by atoms with Crippen LogP contribution in [0, 0.1) is 5.82 Å². The Hall–Kier alpha value is -2.19. The molecule has 22 heavy (non-hydrogen) atoms. The summed E-state index contributed by atoms with van der Waals surface area (Å²) < 4.78 is 19.1. The lowest BCUT2D eigenvalue weighted by Crippen LogP contribution is -2.16. The van der Waals surface area contributed by atoms with Crippen molar-refractivity contribution >= 4 is 57.7 Å². The molecule has 0 amide bonds. The van der Waals surface area contributed by atoms with Crippen LogP contribution in [-0.2, 0) is 0 Å². The highest BCUT2D eigenvalue weighted by Crippen LogP contribution is 2.29. The van der Waals surface area contributed by atoms with E-state index >= 15 is 0 Å². The fourth-order valence-corrected chi connectivity index (χ4v) is 3.28. The first-order chi connectivity index (χ1) is 10.6. The first-order valence-corrected chi connectivity index (χ1v) is 7.35. The Kier molecular flexibility index (Phi) is 2.85. The van der Waals surface area contributed by atoms with E-state index in [4.69, 9.17) is 19.4 Å². The van der Waals surface area contributed by atoms with Gasteiger partial charge in [0.2, 0.25) is 0 Å². The molecule has 9 heteroatoms. The third-order valence-corrected chi connectivity index (χ3v) is 4.33. The number of aromatic amines is 1. The number of hydrogen-bond donors (Lipinski definition) is 1. The topological polar surface area (TPSA) is 63.6 Å². The molecule has 0 saturated carbocycles. The minimum Gasteiger partial charge on any atom is -0.254 e. The van der Waals surface area contributed by atoms with Gasteiger partial charge in [-0.25, -0.2) is 13.7 Å². The molecular weight excluding hydrogens is 326 g/mol. The minimum atomic E-state index is -0.618. The fraction of sp³-hybridized carbons (Fsp3) is 0. The molecule has 4 aromatic rings. The van der Waals surface area contributed by atoms with Gasteiger partial charge in [0, 0.05) is 0 Å². The number of fused-ring (bicyclic) bond motifs is 2. The maximum Gasteiger partial charge on any atom is 0.353 e. The van der Waals surface area contributed by atoms with Crippen LogP contribution >= 0.6 is 23.1 Å². The summed E-state index contributed by atoms with van der Waals surface area (Å²) in [5, 5.41) is 4.11. The summed E-state index contributed by atoms with van der Waals surface area (Å²) in [6.45, 7) is 0. The molecule has 2 radical (unpaired) electrons. The van der Waals surface area contributed by atoms with E-state index in [2.05, 4.69) is 14.6 Å². The summed E-state index contributed by atoms with van der Waals surface area (Å²) in [4.78, 5) is 16.1. The summed E-state index contributed by atoms with van der Waals surface area (Å²) in [5.41, 5.74) is 0.611. The quantitative estimate of drug-likeness (QED) is 0.542. The Morgan fingerprint density at radius 2 is 2.18 bits per heavy atom. The van der Waals surface area contributed by atoms with Crippen LogP contribution in [0.1, 0.15) is 0 Å². The summed E-state index contributed by atoms with van der Waals surface area (Å²) in [7, 11) is 5.65. The number of nitrogens with one attached hydrogen (secondary N) is 1. The maximum absolute atomic E-state index is 14.7. The van der Waals surface area contributed by atoms with Crippen LogP contribution in [0.5, 0.6) is 0 Å². The predicted molar refractivity (Wildman–Crippen MR) is 85.2 cm³/mol. The normalized spacial score (nSPS) is 11.5. The zero-order valence-corrected chi connectivity index (χ0v) is 12.4. The van der Waals surface area contributed by atoms with E-state index in [0.717, 1.165) is 16.1 Å². The molecule has 1 N–H and O–H groups in total. The van der Waals surface area contributed by atoms with Crippen molar-refractivity contribution < 1.29 is 4.39 Å². The average molecular weight is 331 g/mol. The monoisotopic (exact) mass is 330 g/mol. The third-order valence-electron chi connectivity index (χ3n) is 3.32. The van der Waals surface area contributed by atoms with Crippen molar-refractivity contribution in [1.82, 2.24) is 19.1 Å². The lowest BCUT2D eigenvalue weighted by molar-refractivity contribution is 0.642. The van der Waals surface area contributed by atoms with Crippen LogP contribution in [0.25, 0.3) is 26.9 Å². The van der Waals surface area contributed by atoms with Crippen molar-refractivity contribution in [2.75, 3.05) is 0 Å². The van der Waals surface area contributed by atoms with Crippen molar-refractivity contribution in [1.29, 1.82) is 0 Å². The van der Waals surface area contributed by atoms with Crippen LogP contribution in [0.3, 0.4) is 0 Å². The number of rotatable bonds is 1. The van der Waals surface area contributed by atoms with Crippen molar-refractivity contribution in [2.24, 2.45) is 0 Å². The maximum atomic E-state index is 14.7. The first kappa shape index (κ1) is 13.5. The molecule has 2 heterocycles. The standard InChI is InChI=1S/C13H5BClFN4OS/c14-5-1-2-8(6(15)3-5)20-12-7(17-13(20)21)4-9-11(10(12)16)18-19-22-9/h1-4,19H. The van der Waals surface area contributed by atoms with E-state index in [1.165, 1.54) is 6.07 Å². The highest BCUT2D eigenvalue weighted by molar-refractivity contribution is 7.13. The molecule has 0 saturated heterocycles. The molecule has 0 aliphatic rings. The Morgan fingerprint density at radius 3 is 2.95 bits per heavy atom. The van der Waals surface area contributed by atoms with Gasteiger partial charge in [0.05, 0.1) is 20.9 Å². The SMILES string of the molecule is [B]c1ccc(-n2c(=O)nc3cc4s[nH]nc4c(F)c32)c(Cl)c1. The van der Waals surface area contributed by atoms with E-state index in [9.17, 15) is 9.18 Å². The number of H-pyrrole nitrogens is 1. The van der Waals surface area contributed by atoms with Gasteiger partial charge in [-0.3, -0.25) is 4.57 Å². The molecule has 2 aromatic carbocycles. The predicted octanol–water partition coefficient (Wildman–Crippen LogP) is 1.91. The first-order valence-electron chi connectivity index (χ1n) is 6.16. The van der Waals surface area contributed by atoms with Crippen molar-refractivity contribution in [3.8, 4) is 5.69 Å². The zero-order valence-electron chi connectivity index (χ0n) is 10.8. The summed E-state index contributed by atoms with van der Waals surface area (Å²) in [6.07, 6.45) is 0.